The molecule has 0 amide bonds. The van der Waals surface area contributed by atoms with Crippen LogP contribution >= 0.6 is 27.3 Å². The number of halogens is 1. The maximum Gasteiger partial charge on any atom is 0.125 e. The van der Waals surface area contributed by atoms with Crippen molar-refractivity contribution in [3.8, 4) is 10.6 Å². The standard InChI is InChI=1S/C12H13BrN2S/c1-8-4-2-3-5-9(8)12-15-11(13)10(16-12)6-7-14/h2-5H,6-7,14H2,1H3. The van der Waals surface area contributed by atoms with Gasteiger partial charge >= 0.3 is 0 Å². The summed E-state index contributed by atoms with van der Waals surface area (Å²) < 4.78 is 0.932. The Hall–Kier alpha value is -0.710. The first-order valence-corrected chi connectivity index (χ1v) is 6.74. The summed E-state index contributed by atoms with van der Waals surface area (Å²) in [7, 11) is 0. The van der Waals surface area contributed by atoms with Gasteiger partial charge < -0.3 is 5.73 Å². The molecule has 2 nitrogen and oxygen atoms in total. The number of aromatic nitrogens is 1. The number of nitrogens with zero attached hydrogens (tertiary/aromatic N) is 1. The Balaban J connectivity index is 2.42. The molecule has 16 heavy (non-hydrogen) atoms. The predicted molar refractivity (Wildman–Crippen MR) is 72.7 cm³/mol. The SMILES string of the molecule is Cc1ccccc1-c1nc(Br)c(CCN)s1. The lowest BCUT2D eigenvalue weighted by Crippen LogP contribution is -2.01. The highest BCUT2D eigenvalue weighted by molar-refractivity contribution is 9.10. The van der Waals surface area contributed by atoms with Crippen LogP contribution in [0.25, 0.3) is 10.6 Å². The normalized spacial score (nSPS) is 10.7. The Kier molecular flexibility index (Phi) is 3.74. The van der Waals surface area contributed by atoms with Crippen molar-refractivity contribution in [1.29, 1.82) is 0 Å². The highest BCUT2D eigenvalue weighted by atomic mass is 79.9. The van der Waals surface area contributed by atoms with E-state index in [0.29, 0.717) is 6.54 Å². The Morgan fingerprint density at radius 3 is 2.81 bits per heavy atom. The third-order valence-corrected chi connectivity index (χ3v) is 4.46. The summed E-state index contributed by atoms with van der Waals surface area (Å²) in [6.45, 7) is 2.77. The molecule has 0 spiro atoms. The molecule has 0 fully saturated rings. The van der Waals surface area contributed by atoms with Crippen LogP contribution in [0.5, 0.6) is 0 Å². The molecule has 1 heterocycles. The summed E-state index contributed by atoms with van der Waals surface area (Å²) in [5.74, 6) is 0. The van der Waals surface area contributed by atoms with Gasteiger partial charge in [-0.25, -0.2) is 4.98 Å². The largest absolute Gasteiger partial charge is 0.330 e. The second kappa shape index (κ2) is 5.08. The lowest BCUT2D eigenvalue weighted by molar-refractivity contribution is 0.977. The zero-order valence-corrected chi connectivity index (χ0v) is 11.4. The molecule has 0 saturated carbocycles. The maximum absolute atomic E-state index is 5.57. The second-order valence-electron chi connectivity index (χ2n) is 3.59. The number of hydrogen-bond donors (Lipinski definition) is 1. The van der Waals surface area contributed by atoms with Crippen molar-refractivity contribution < 1.29 is 0 Å². The van der Waals surface area contributed by atoms with Crippen LogP contribution in [0.2, 0.25) is 0 Å². The minimum Gasteiger partial charge on any atom is -0.330 e. The molecule has 4 heteroatoms. The van der Waals surface area contributed by atoms with Gasteiger partial charge in [-0.05, 0) is 41.4 Å². The van der Waals surface area contributed by atoms with Gasteiger partial charge in [0.25, 0.3) is 0 Å². The van der Waals surface area contributed by atoms with E-state index in [4.69, 9.17) is 5.73 Å². The topological polar surface area (TPSA) is 38.9 Å². The second-order valence-corrected chi connectivity index (χ2v) is 5.42. The zero-order valence-electron chi connectivity index (χ0n) is 9.03. The number of hydrogen-bond acceptors (Lipinski definition) is 3. The van der Waals surface area contributed by atoms with Crippen LogP contribution in [-0.4, -0.2) is 11.5 Å². The van der Waals surface area contributed by atoms with Gasteiger partial charge in [0, 0.05) is 10.4 Å². The van der Waals surface area contributed by atoms with E-state index in [1.807, 2.05) is 12.1 Å². The van der Waals surface area contributed by atoms with Crippen molar-refractivity contribution >= 4 is 27.3 Å². The minimum atomic E-state index is 0.661. The van der Waals surface area contributed by atoms with Crippen molar-refractivity contribution in [2.75, 3.05) is 6.54 Å². The van der Waals surface area contributed by atoms with Crippen LogP contribution in [0.3, 0.4) is 0 Å². The van der Waals surface area contributed by atoms with Crippen molar-refractivity contribution in [2.24, 2.45) is 5.73 Å². The molecule has 0 unspecified atom stereocenters. The van der Waals surface area contributed by atoms with Crippen LogP contribution in [-0.2, 0) is 6.42 Å². The van der Waals surface area contributed by atoms with Gasteiger partial charge in [0.05, 0.1) is 0 Å². The molecular weight excluding hydrogens is 284 g/mol. The fourth-order valence-electron chi connectivity index (χ4n) is 1.55. The summed E-state index contributed by atoms with van der Waals surface area (Å²) in [5.41, 5.74) is 8.02. The van der Waals surface area contributed by atoms with E-state index in [1.165, 1.54) is 16.0 Å². The zero-order chi connectivity index (χ0) is 11.5. The lowest BCUT2D eigenvalue weighted by Gasteiger charge is -1.99. The van der Waals surface area contributed by atoms with Crippen molar-refractivity contribution in [3.63, 3.8) is 0 Å². The molecule has 0 bridgehead atoms. The molecule has 84 valence electrons. The van der Waals surface area contributed by atoms with Crippen molar-refractivity contribution in [1.82, 2.24) is 4.98 Å². The molecule has 0 saturated heterocycles. The van der Waals surface area contributed by atoms with Crippen LogP contribution in [0.1, 0.15) is 10.4 Å². The Morgan fingerprint density at radius 2 is 2.12 bits per heavy atom. The van der Waals surface area contributed by atoms with Crippen LogP contribution in [0.15, 0.2) is 28.9 Å². The third-order valence-electron chi connectivity index (χ3n) is 2.40. The number of rotatable bonds is 3. The van der Waals surface area contributed by atoms with E-state index in [2.05, 4.69) is 40.0 Å². The van der Waals surface area contributed by atoms with Crippen molar-refractivity contribution in [3.05, 3.63) is 39.3 Å². The molecule has 2 aromatic rings. The van der Waals surface area contributed by atoms with Gasteiger partial charge in [-0.15, -0.1) is 11.3 Å². The van der Waals surface area contributed by atoms with Crippen LogP contribution in [0, 0.1) is 6.92 Å². The quantitative estimate of drug-likeness (QED) is 0.943. The summed E-state index contributed by atoms with van der Waals surface area (Å²) in [4.78, 5) is 5.76. The van der Waals surface area contributed by atoms with E-state index in [1.54, 1.807) is 11.3 Å². The molecule has 0 atom stereocenters. The summed E-state index contributed by atoms with van der Waals surface area (Å²) >= 11 is 5.20. The molecule has 2 rings (SSSR count). The van der Waals surface area contributed by atoms with E-state index in [-0.39, 0.29) is 0 Å². The van der Waals surface area contributed by atoms with E-state index in [0.717, 1.165) is 16.0 Å². The summed E-state index contributed by atoms with van der Waals surface area (Å²) in [6.07, 6.45) is 0.879. The molecule has 1 aromatic heterocycles. The van der Waals surface area contributed by atoms with Gasteiger partial charge in [-0.3, -0.25) is 0 Å². The molecule has 0 aliphatic rings. The highest BCUT2D eigenvalue weighted by Gasteiger charge is 2.10. The fraction of sp³-hybridized carbons (Fsp3) is 0.250. The van der Waals surface area contributed by atoms with E-state index >= 15 is 0 Å². The average Bonchev–Trinajstić information content (AvgIpc) is 2.61. The lowest BCUT2D eigenvalue weighted by atomic mass is 10.1. The monoisotopic (exact) mass is 296 g/mol. The first-order valence-electron chi connectivity index (χ1n) is 5.13. The van der Waals surface area contributed by atoms with Crippen molar-refractivity contribution in [2.45, 2.75) is 13.3 Å². The highest BCUT2D eigenvalue weighted by Crippen LogP contribution is 2.32. The van der Waals surface area contributed by atoms with Crippen LogP contribution in [0.4, 0.5) is 0 Å². The van der Waals surface area contributed by atoms with Gasteiger partial charge in [0.2, 0.25) is 0 Å². The van der Waals surface area contributed by atoms with Gasteiger partial charge in [0.15, 0.2) is 0 Å². The number of nitrogens with two attached hydrogens (primary N) is 1. The van der Waals surface area contributed by atoms with Gasteiger partial charge in [0.1, 0.15) is 9.61 Å². The van der Waals surface area contributed by atoms with Gasteiger partial charge in [-0.1, -0.05) is 24.3 Å². The van der Waals surface area contributed by atoms with E-state index < -0.39 is 0 Å². The molecule has 0 aliphatic carbocycles. The third kappa shape index (κ3) is 2.34. The Bertz CT molecular complexity index is 494. The summed E-state index contributed by atoms with van der Waals surface area (Å²) in [5, 5.41) is 1.06. The number of thiazole rings is 1. The van der Waals surface area contributed by atoms with Crippen LogP contribution < -0.4 is 5.73 Å². The maximum atomic E-state index is 5.57. The smallest absolute Gasteiger partial charge is 0.125 e. The predicted octanol–water partition coefficient (Wildman–Crippen LogP) is 3.38. The van der Waals surface area contributed by atoms with E-state index in [9.17, 15) is 0 Å². The molecule has 0 aliphatic heterocycles. The minimum absolute atomic E-state index is 0.661. The Labute approximate surface area is 108 Å². The first kappa shape index (κ1) is 11.8. The van der Waals surface area contributed by atoms with Gasteiger partial charge in [-0.2, -0.15) is 0 Å². The molecule has 2 N–H and O–H groups in total. The number of aryl methyl sites for hydroxylation is 1. The molecule has 0 radical (unpaired) electrons. The fourth-order valence-corrected chi connectivity index (χ4v) is 3.34. The molecular formula is C12H13BrN2S. The average molecular weight is 297 g/mol. The molecule has 1 aromatic carbocycles. The first-order chi connectivity index (χ1) is 7.72. The number of benzene rings is 1. The summed E-state index contributed by atoms with van der Waals surface area (Å²) in [6, 6.07) is 8.29. The Morgan fingerprint density at radius 1 is 1.38 bits per heavy atom.